The van der Waals surface area contributed by atoms with Gasteiger partial charge in [0.15, 0.2) is 0 Å². The minimum atomic E-state index is -0.366. The van der Waals surface area contributed by atoms with Crippen LogP contribution in [0, 0.1) is 11.3 Å². The van der Waals surface area contributed by atoms with Crippen molar-refractivity contribution in [3.63, 3.8) is 0 Å². The van der Waals surface area contributed by atoms with E-state index in [9.17, 15) is 5.11 Å². The molecule has 0 aromatic carbocycles. The van der Waals surface area contributed by atoms with Crippen LogP contribution in [-0.4, -0.2) is 14.9 Å². The van der Waals surface area contributed by atoms with E-state index in [1.54, 1.807) is 0 Å². The highest BCUT2D eigenvalue weighted by molar-refractivity contribution is 5.08. The number of nitrogens with zero attached hydrogens (tertiary/aromatic N) is 2. The molecule has 1 fully saturated rings. The van der Waals surface area contributed by atoms with Gasteiger partial charge in [0.1, 0.15) is 0 Å². The van der Waals surface area contributed by atoms with Gasteiger partial charge in [-0.1, -0.05) is 33.6 Å². The molecule has 1 heterocycles. The van der Waals surface area contributed by atoms with Gasteiger partial charge in [-0.2, -0.15) is 5.10 Å². The summed E-state index contributed by atoms with van der Waals surface area (Å²) < 4.78 is 1.97. The van der Waals surface area contributed by atoms with E-state index in [0.717, 1.165) is 25.1 Å². The highest BCUT2D eigenvalue weighted by Gasteiger charge is 2.38. The molecule has 3 heteroatoms. The molecule has 0 spiro atoms. The Kier molecular flexibility index (Phi) is 4.10. The number of aromatic nitrogens is 2. The van der Waals surface area contributed by atoms with Gasteiger partial charge in [0, 0.05) is 12.7 Å². The van der Waals surface area contributed by atoms with Crippen LogP contribution in [-0.2, 0) is 6.54 Å². The molecule has 1 N–H and O–H groups in total. The van der Waals surface area contributed by atoms with Crippen molar-refractivity contribution >= 4 is 0 Å². The van der Waals surface area contributed by atoms with Crippen LogP contribution in [0.5, 0.6) is 0 Å². The second kappa shape index (κ2) is 5.43. The maximum atomic E-state index is 10.7. The zero-order chi connectivity index (χ0) is 13.2. The second-order valence-corrected chi connectivity index (χ2v) is 6.26. The number of hydrogen-bond donors (Lipinski definition) is 1. The van der Waals surface area contributed by atoms with Gasteiger partial charge in [0.25, 0.3) is 0 Å². The third kappa shape index (κ3) is 2.61. The van der Waals surface area contributed by atoms with Crippen LogP contribution < -0.4 is 0 Å². The van der Waals surface area contributed by atoms with Gasteiger partial charge in [-0.3, -0.25) is 4.68 Å². The highest BCUT2D eigenvalue weighted by atomic mass is 16.3. The fourth-order valence-electron chi connectivity index (χ4n) is 3.31. The molecular formula is C15H26N2O. The van der Waals surface area contributed by atoms with E-state index in [0.29, 0.717) is 5.92 Å². The Labute approximate surface area is 110 Å². The van der Waals surface area contributed by atoms with Crippen molar-refractivity contribution < 1.29 is 5.11 Å². The summed E-state index contributed by atoms with van der Waals surface area (Å²) >= 11 is 0. The van der Waals surface area contributed by atoms with Crippen LogP contribution in [0.4, 0.5) is 0 Å². The Balaban J connectivity index is 2.19. The van der Waals surface area contributed by atoms with Gasteiger partial charge in [0.2, 0.25) is 0 Å². The molecule has 1 aliphatic rings. The van der Waals surface area contributed by atoms with Crippen LogP contribution in [0.2, 0.25) is 0 Å². The first-order valence-corrected chi connectivity index (χ1v) is 7.26. The van der Waals surface area contributed by atoms with Gasteiger partial charge in [0.05, 0.1) is 11.8 Å². The predicted octanol–water partition coefficient (Wildman–Crippen LogP) is 3.54. The predicted molar refractivity (Wildman–Crippen MR) is 73.2 cm³/mol. The molecule has 2 unspecified atom stereocenters. The molecule has 2 atom stereocenters. The van der Waals surface area contributed by atoms with E-state index in [-0.39, 0.29) is 11.5 Å². The van der Waals surface area contributed by atoms with Crippen molar-refractivity contribution in [2.75, 3.05) is 0 Å². The highest BCUT2D eigenvalue weighted by Crippen LogP contribution is 2.46. The molecule has 0 amide bonds. The number of aliphatic hydroxyl groups excluding tert-OH is 1. The minimum Gasteiger partial charge on any atom is -0.387 e. The molecular weight excluding hydrogens is 224 g/mol. The molecule has 0 aliphatic heterocycles. The van der Waals surface area contributed by atoms with Crippen LogP contribution in [0.25, 0.3) is 0 Å². The molecule has 1 aromatic heterocycles. The average molecular weight is 250 g/mol. The molecule has 1 aliphatic carbocycles. The van der Waals surface area contributed by atoms with E-state index in [4.69, 9.17) is 0 Å². The van der Waals surface area contributed by atoms with Crippen LogP contribution in [0.3, 0.4) is 0 Å². The Hall–Kier alpha value is -0.830. The smallest absolute Gasteiger partial charge is 0.0989 e. The zero-order valence-electron chi connectivity index (χ0n) is 11.9. The van der Waals surface area contributed by atoms with Crippen LogP contribution in [0.1, 0.15) is 64.7 Å². The standard InChI is InChI=1S/C15H26N2O/c1-4-11-17-13(8-10-16-17)14(18)12-7-5-6-9-15(12,2)3/h8,10,12,14,18H,4-7,9,11H2,1-3H3. The number of aliphatic hydroxyl groups is 1. The lowest BCUT2D eigenvalue weighted by atomic mass is 9.66. The normalized spacial score (nSPS) is 25.0. The van der Waals surface area contributed by atoms with E-state index in [1.807, 2.05) is 16.9 Å². The van der Waals surface area contributed by atoms with Gasteiger partial charge in [-0.15, -0.1) is 0 Å². The van der Waals surface area contributed by atoms with Crippen molar-refractivity contribution in [2.24, 2.45) is 11.3 Å². The van der Waals surface area contributed by atoms with Crippen LogP contribution >= 0.6 is 0 Å². The second-order valence-electron chi connectivity index (χ2n) is 6.26. The SMILES string of the molecule is CCCn1nccc1C(O)C1CCCCC1(C)C. The van der Waals surface area contributed by atoms with E-state index in [1.165, 1.54) is 19.3 Å². The summed E-state index contributed by atoms with van der Waals surface area (Å²) in [6.45, 7) is 7.62. The summed E-state index contributed by atoms with van der Waals surface area (Å²) in [4.78, 5) is 0. The monoisotopic (exact) mass is 250 g/mol. The van der Waals surface area contributed by atoms with E-state index in [2.05, 4.69) is 25.9 Å². The summed E-state index contributed by atoms with van der Waals surface area (Å²) in [7, 11) is 0. The summed E-state index contributed by atoms with van der Waals surface area (Å²) in [5, 5.41) is 15.0. The van der Waals surface area contributed by atoms with Gasteiger partial charge in [-0.25, -0.2) is 0 Å². The molecule has 18 heavy (non-hydrogen) atoms. The first kappa shape index (κ1) is 13.6. The largest absolute Gasteiger partial charge is 0.387 e. The van der Waals surface area contributed by atoms with Gasteiger partial charge in [-0.05, 0) is 36.7 Å². The number of rotatable bonds is 4. The van der Waals surface area contributed by atoms with Gasteiger partial charge < -0.3 is 5.11 Å². The topological polar surface area (TPSA) is 38.0 Å². The summed E-state index contributed by atoms with van der Waals surface area (Å²) in [5.74, 6) is 0.360. The molecule has 0 saturated heterocycles. The molecule has 0 bridgehead atoms. The Morgan fingerprint density at radius 2 is 2.28 bits per heavy atom. The minimum absolute atomic E-state index is 0.235. The third-order valence-corrected chi connectivity index (χ3v) is 4.46. The maximum Gasteiger partial charge on any atom is 0.0989 e. The molecule has 102 valence electrons. The van der Waals surface area contributed by atoms with Gasteiger partial charge >= 0.3 is 0 Å². The van der Waals surface area contributed by atoms with Crippen molar-refractivity contribution in [3.8, 4) is 0 Å². The van der Waals surface area contributed by atoms with E-state index >= 15 is 0 Å². The molecule has 0 radical (unpaired) electrons. The first-order chi connectivity index (χ1) is 8.56. The van der Waals surface area contributed by atoms with Crippen molar-refractivity contribution in [1.82, 2.24) is 9.78 Å². The summed E-state index contributed by atoms with van der Waals surface area (Å²) in [5.41, 5.74) is 1.23. The van der Waals surface area contributed by atoms with Crippen molar-refractivity contribution in [1.29, 1.82) is 0 Å². The molecule has 3 nitrogen and oxygen atoms in total. The quantitative estimate of drug-likeness (QED) is 0.887. The Morgan fingerprint density at radius 3 is 2.94 bits per heavy atom. The third-order valence-electron chi connectivity index (χ3n) is 4.46. The lowest BCUT2D eigenvalue weighted by molar-refractivity contribution is -0.00110. The summed E-state index contributed by atoms with van der Waals surface area (Å²) in [6.07, 6.45) is 7.38. The fourth-order valence-corrected chi connectivity index (χ4v) is 3.31. The average Bonchev–Trinajstić information content (AvgIpc) is 2.76. The van der Waals surface area contributed by atoms with Crippen molar-refractivity contribution in [2.45, 2.75) is 65.5 Å². The van der Waals surface area contributed by atoms with Crippen LogP contribution in [0.15, 0.2) is 12.3 Å². The molecule has 1 aromatic rings. The first-order valence-electron chi connectivity index (χ1n) is 7.26. The summed E-state index contributed by atoms with van der Waals surface area (Å²) in [6, 6.07) is 1.98. The Bertz CT molecular complexity index is 384. The zero-order valence-corrected chi connectivity index (χ0v) is 11.9. The number of aryl methyl sites for hydroxylation is 1. The lowest BCUT2D eigenvalue weighted by Crippen LogP contribution is -2.33. The molecule has 2 rings (SSSR count). The Morgan fingerprint density at radius 1 is 1.50 bits per heavy atom. The van der Waals surface area contributed by atoms with Crippen molar-refractivity contribution in [3.05, 3.63) is 18.0 Å². The fraction of sp³-hybridized carbons (Fsp3) is 0.800. The lowest BCUT2D eigenvalue weighted by Gasteiger charge is -2.41. The number of hydrogen-bond acceptors (Lipinski definition) is 2. The maximum absolute atomic E-state index is 10.7. The molecule has 1 saturated carbocycles. The van der Waals surface area contributed by atoms with E-state index < -0.39 is 0 Å².